The highest BCUT2D eigenvalue weighted by Gasteiger charge is 2.57. The second-order valence-electron chi connectivity index (χ2n) is 13.2. The predicted octanol–water partition coefficient (Wildman–Crippen LogP) is 10.2. The Labute approximate surface area is 268 Å². The molecule has 2 aromatic heterocycles. The van der Waals surface area contributed by atoms with Gasteiger partial charge in [0.1, 0.15) is 11.5 Å². The normalized spacial score (nSPS) is 24.0. The molecule has 0 bridgehead atoms. The molecule has 3 aliphatic carbocycles. The van der Waals surface area contributed by atoms with Crippen LogP contribution in [0.4, 0.5) is 0 Å². The summed E-state index contributed by atoms with van der Waals surface area (Å²) in [4.78, 5) is 9.72. The highest BCUT2D eigenvalue weighted by atomic mass is 16.5. The van der Waals surface area contributed by atoms with E-state index in [-0.39, 0.29) is 5.41 Å². The predicted molar refractivity (Wildman–Crippen MR) is 185 cm³/mol. The molecular formula is C43H32N2O. The van der Waals surface area contributed by atoms with E-state index in [9.17, 15) is 0 Å². The van der Waals surface area contributed by atoms with Gasteiger partial charge in [0.05, 0.1) is 22.1 Å². The average Bonchev–Trinajstić information content (AvgIpc) is 3.42. The topological polar surface area (TPSA) is 35.0 Å². The maximum atomic E-state index is 6.86. The molecule has 3 heterocycles. The number of ether oxygens (including phenoxy) is 1. The number of nitrogens with zero attached hydrogens (tertiary/aromatic N) is 2. The van der Waals surface area contributed by atoms with Gasteiger partial charge in [0.2, 0.25) is 0 Å². The summed E-state index contributed by atoms with van der Waals surface area (Å²) in [6, 6.07) is 39.6. The third-order valence-corrected chi connectivity index (χ3v) is 11.0. The maximum absolute atomic E-state index is 6.86. The minimum absolute atomic E-state index is 0.192. The largest absolute Gasteiger partial charge is 0.461 e. The molecule has 0 N–H and O–H groups in total. The van der Waals surface area contributed by atoms with Crippen LogP contribution in [0.1, 0.15) is 53.4 Å². The van der Waals surface area contributed by atoms with E-state index in [4.69, 9.17) is 9.72 Å². The molecule has 0 fully saturated rings. The van der Waals surface area contributed by atoms with Crippen LogP contribution in [0.5, 0.6) is 5.75 Å². The number of rotatable bonds is 2. The molecule has 4 aromatic carbocycles. The van der Waals surface area contributed by atoms with Gasteiger partial charge >= 0.3 is 0 Å². The van der Waals surface area contributed by atoms with Crippen LogP contribution in [0.15, 0.2) is 151 Å². The first-order valence-corrected chi connectivity index (χ1v) is 16.5. The van der Waals surface area contributed by atoms with Crippen molar-refractivity contribution in [3.05, 3.63) is 173 Å². The lowest BCUT2D eigenvalue weighted by atomic mass is 9.59. The zero-order chi connectivity index (χ0) is 30.2. The fourth-order valence-corrected chi connectivity index (χ4v) is 9.03. The quantitative estimate of drug-likeness (QED) is 0.188. The standard InChI is InChI=1S/C43H32N2O/c1-3-11-34-32(9-1)33-10-2-4-12-35(33)43(34)36-13-5-6-14-39(36)46-40-26-31(21-23-37(40)43)27-15-17-28(18-16-27)38-24-22-30-20-19-29-8-7-25-44-41(29)42(30)45-38/h1-20,22,24-25,31-32,34H,21,23,26H2. The van der Waals surface area contributed by atoms with E-state index in [2.05, 4.69) is 132 Å². The van der Waals surface area contributed by atoms with E-state index in [1.807, 2.05) is 12.3 Å². The highest BCUT2D eigenvalue weighted by molar-refractivity contribution is 6.03. The number of allylic oxidation sites excluding steroid dienone is 6. The lowest BCUT2D eigenvalue weighted by Crippen LogP contribution is -2.41. The third-order valence-electron chi connectivity index (χ3n) is 11.0. The van der Waals surface area contributed by atoms with Gasteiger partial charge in [-0.2, -0.15) is 0 Å². The maximum Gasteiger partial charge on any atom is 0.131 e. The summed E-state index contributed by atoms with van der Waals surface area (Å²) in [6.07, 6.45) is 14.2. The van der Waals surface area contributed by atoms with Crippen LogP contribution in [0.2, 0.25) is 0 Å². The van der Waals surface area contributed by atoms with Crippen molar-refractivity contribution < 1.29 is 4.74 Å². The minimum atomic E-state index is -0.192. The van der Waals surface area contributed by atoms with Crippen LogP contribution in [-0.4, -0.2) is 9.97 Å². The van der Waals surface area contributed by atoms with Crippen molar-refractivity contribution in [3.8, 4) is 17.0 Å². The van der Waals surface area contributed by atoms with Gasteiger partial charge in [-0.05, 0) is 59.2 Å². The van der Waals surface area contributed by atoms with Crippen molar-refractivity contribution in [1.82, 2.24) is 9.97 Å². The van der Waals surface area contributed by atoms with E-state index in [0.29, 0.717) is 17.8 Å². The molecule has 4 aliphatic rings. The van der Waals surface area contributed by atoms with Crippen LogP contribution in [0.3, 0.4) is 0 Å². The first-order chi connectivity index (χ1) is 22.8. The molecule has 4 unspecified atom stereocenters. The van der Waals surface area contributed by atoms with Gasteiger partial charge in [0.15, 0.2) is 0 Å². The Morgan fingerprint density at radius 2 is 1.48 bits per heavy atom. The van der Waals surface area contributed by atoms with Crippen molar-refractivity contribution in [1.29, 1.82) is 0 Å². The van der Waals surface area contributed by atoms with E-state index < -0.39 is 0 Å². The Bertz CT molecular complexity index is 2290. The molecule has 4 atom stereocenters. The second-order valence-corrected chi connectivity index (χ2v) is 13.2. The Balaban J connectivity index is 1.03. The average molecular weight is 593 g/mol. The number of hydrogen-bond donors (Lipinski definition) is 0. The zero-order valence-corrected chi connectivity index (χ0v) is 25.4. The molecule has 1 aliphatic heterocycles. The van der Waals surface area contributed by atoms with Crippen molar-refractivity contribution in [2.24, 2.45) is 5.92 Å². The first kappa shape index (κ1) is 26.0. The van der Waals surface area contributed by atoms with E-state index in [1.165, 1.54) is 33.6 Å². The van der Waals surface area contributed by atoms with E-state index in [0.717, 1.165) is 58.1 Å². The Kier molecular flexibility index (Phi) is 5.57. The Hall–Kier alpha value is -5.28. The van der Waals surface area contributed by atoms with Crippen LogP contribution in [0, 0.1) is 5.92 Å². The van der Waals surface area contributed by atoms with Gasteiger partial charge < -0.3 is 4.74 Å². The summed E-state index contributed by atoms with van der Waals surface area (Å²) in [7, 11) is 0. The van der Waals surface area contributed by atoms with Gasteiger partial charge in [-0.1, -0.05) is 115 Å². The molecule has 10 rings (SSSR count). The molecule has 1 spiro atoms. The zero-order valence-electron chi connectivity index (χ0n) is 25.4. The third kappa shape index (κ3) is 3.60. The number of aromatic nitrogens is 2. The molecule has 46 heavy (non-hydrogen) atoms. The number of benzene rings is 4. The summed E-state index contributed by atoms with van der Waals surface area (Å²) < 4.78 is 6.86. The van der Waals surface area contributed by atoms with Gasteiger partial charge in [0.25, 0.3) is 0 Å². The van der Waals surface area contributed by atoms with Crippen LogP contribution in [-0.2, 0) is 5.41 Å². The SMILES string of the molecule is C1=CC2c3ccccc3C3(C4=C(CC(c5ccc(-c6ccc7ccc8cccnc8c7n6)cc5)CC4)Oc4ccccc43)C2C=C1. The van der Waals surface area contributed by atoms with Gasteiger partial charge in [0, 0.05) is 46.4 Å². The smallest absolute Gasteiger partial charge is 0.131 e. The van der Waals surface area contributed by atoms with Crippen molar-refractivity contribution >= 4 is 21.8 Å². The molecule has 0 radical (unpaired) electrons. The summed E-state index contributed by atoms with van der Waals surface area (Å²) >= 11 is 0. The molecule has 0 saturated heterocycles. The summed E-state index contributed by atoms with van der Waals surface area (Å²) in [5.74, 6) is 3.32. The van der Waals surface area contributed by atoms with E-state index >= 15 is 0 Å². The van der Waals surface area contributed by atoms with Gasteiger partial charge in [-0.15, -0.1) is 0 Å². The first-order valence-electron chi connectivity index (χ1n) is 16.5. The highest BCUT2D eigenvalue weighted by Crippen LogP contribution is 2.65. The molecule has 220 valence electrons. The number of pyridine rings is 2. The molecule has 0 amide bonds. The number of para-hydroxylation sites is 1. The van der Waals surface area contributed by atoms with Gasteiger partial charge in [-0.3, -0.25) is 4.98 Å². The molecule has 3 nitrogen and oxygen atoms in total. The van der Waals surface area contributed by atoms with Crippen LogP contribution < -0.4 is 4.74 Å². The Morgan fingerprint density at radius 3 is 2.39 bits per heavy atom. The summed E-state index contributed by atoms with van der Waals surface area (Å²) in [5.41, 5.74) is 10.9. The molecular weight excluding hydrogens is 560 g/mol. The lowest BCUT2D eigenvalue weighted by molar-refractivity contribution is 0.288. The number of fused-ring (bicyclic) bond motifs is 11. The molecule has 3 heteroatoms. The van der Waals surface area contributed by atoms with Gasteiger partial charge in [-0.25, -0.2) is 4.98 Å². The van der Waals surface area contributed by atoms with E-state index in [1.54, 1.807) is 0 Å². The fourth-order valence-electron chi connectivity index (χ4n) is 9.03. The fraction of sp³-hybridized carbons (Fsp3) is 0.163. The van der Waals surface area contributed by atoms with Crippen LogP contribution >= 0.6 is 0 Å². The summed E-state index contributed by atoms with van der Waals surface area (Å²) in [6.45, 7) is 0. The lowest BCUT2D eigenvalue weighted by Gasteiger charge is -2.47. The van der Waals surface area contributed by atoms with Crippen molar-refractivity contribution in [2.75, 3.05) is 0 Å². The van der Waals surface area contributed by atoms with Crippen molar-refractivity contribution in [2.45, 2.75) is 36.5 Å². The van der Waals surface area contributed by atoms with Crippen LogP contribution in [0.25, 0.3) is 33.1 Å². The van der Waals surface area contributed by atoms with Crippen molar-refractivity contribution in [3.63, 3.8) is 0 Å². The number of hydrogen-bond acceptors (Lipinski definition) is 3. The minimum Gasteiger partial charge on any atom is -0.461 e. The second kappa shape index (κ2) is 9.86. The molecule has 6 aromatic rings. The monoisotopic (exact) mass is 592 g/mol. The Morgan fingerprint density at radius 1 is 0.696 bits per heavy atom. The summed E-state index contributed by atoms with van der Waals surface area (Å²) in [5, 5.41) is 2.23. The molecule has 0 saturated carbocycles.